The van der Waals surface area contributed by atoms with Crippen molar-refractivity contribution in [2.45, 2.75) is 17.7 Å². The van der Waals surface area contributed by atoms with Crippen LogP contribution in [0.25, 0.3) is 0 Å². The molecule has 15 heavy (non-hydrogen) atoms. The third-order valence-electron chi connectivity index (χ3n) is 5.48. The van der Waals surface area contributed by atoms with E-state index in [-0.39, 0.29) is 0 Å². The molecule has 8 atom stereocenters. The van der Waals surface area contributed by atoms with Crippen LogP contribution in [-0.2, 0) is 0 Å². The van der Waals surface area contributed by atoms with Gasteiger partial charge in [-0.05, 0) is 48.3 Å². The summed E-state index contributed by atoms with van der Waals surface area (Å²) in [6.07, 6.45) is 7.59. The van der Waals surface area contributed by atoms with Crippen LogP contribution < -0.4 is 0 Å². The minimum Gasteiger partial charge on any atom is -0.198 e. The number of halogens is 1. The average Bonchev–Trinajstić information content (AvgIpc) is 2.94. The van der Waals surface area contributed by atoms with Crippen LogP contribution in [0.2, 0.25) is 0 Å². The van der Waals surface area contributed by atoms with Gasteiger partial charge in [-0.2, -0.15) is 5.26 Å². The summed E-state index contributed by atoms with van der Waals surface area (Å²) in [4.78, 5) is 0.487. The Morgan fingerprint density at radius 1 is 1.07 bits per heavy atom. The van der Waals surface area contributed by atoms with E-state index in [2.05, 4.69) is 34.2 Å². The van der Waals surface area contributed by atoms with Crippen molar-refractivity contribution in [3.63, 3.8) is 0 Å². The first-order valence-corrected chi connectivity index (χ1v) is 6.95. The highest BCUT2D eigenvalue weighted by molar-refractivity contribution is 9.09. The normalized spacial score (nSPS) is 63.5. The largest absolute Gasteiger partial charge is 0.198 e. The first-order chi connectivity index (χ1) is 7.31. The minimum atomic E-state index is 0.295. The Hall–Kier alpha value is -0.290. The smallest absolute Gasteiger partial charge is 0.0670 e. The third-order valence-corrected chi connectivity index (χ3v) is 6.73. The van der Waals surface area contributed by atoms with Crippen LogP contribution in [0.1, 0.15) is 12.8 Å². The summed E-state index contributed by atoms with van der Waals surface area (Å²) in [5.74, 6) is 5.26. The molecule has 0 amide bonds. The van der Waals surface area contributed by atoms with Gasteiger partial charge in [0, 0.05) is 4.83 Å². The van der Waals surface area contributed by atoms with Crippen molar-refractivity contribution >= 4 is 15.9 Å². The molecule has 4 rings (SSSR count). The summed E-state index contributed by atoms with van der Waals surface area (Å²) in [6.45, 7) is 0. The molecular weight excluding hydrogens is 250 g/mol. The van der Waals surface area contributed by atoms with E-state index in [9.17, 15) is 5.26 Å². The first kappa shape index (κ1) is 8.82. The molecule has 0 N–H and O–H groups in total. The molecule has 0 radical (unpaired) electrons. The molecule has 0 spiro atoms. The number of fused-ring (bicyclic) bond motifs is 9. The van der Waals surface area contributed by atoms with Crippen molar-refractivity contribution in [2.24, 2.45) is 41.4 Å². The maximum absolute atomic E-state index is 9.25. The molecule has 0 saturated heterocycles. The molecule has 78 valence electrons. The van der Waals surface area contributed by atoms with Crippen molar-refractivity contribution in [3.8, 4) is 6.07 Å². The second kappa shape index (κ2) is 2.69. The van der Waals surface area contributed by atoms with Crippen molar-refractivity contribution in [2.75, 3.05) is 0 Å². The van der Waals surface area contributed by atoms with Gasteiger partial charge in [-0.3, -0.25) is 0 Å². The first-order valence-electron chi connectivity index (χ1n) is 6.03. The van der Waals surface area contributed by atoms with Gasteiger partial charge in [0.05, 0.1) is 12.0 Å². The van der Waals surface area contributed by atoms with Crippen molar-refractivity contribution < 1.29 is 0 Å². The summed E-state index contributed by atoms with van der Waals surface area (Å²) in [5, 5.41) is 9.25. The van der Waals surface area contributed by atoms with E-state index < -0.39 is 0 Å². The van der Waals surface area contributed by atoms with E-state index in [1.54, 1.807) is 0 Å². The average molecular weight is 264 g/mol. The maximum Gasteiger partial charge on any atom is 0.0670 e. The summed E-state index contributed by atoms with van der Waals surface area (Å²) in [6, 6.07) is 2.55. The zero-order chi connectivity index (χ0) is 10.2. The molecule has 0 aliphatic heterocycles. The molecule has 0 heterocycles. The monoisotopic (exact) mass is 263 g/mol. The van der Waals surface area contributed by atoms with Crippen LogP contribution in [0.5, 0.6) is 0 Å². The van der Waals surface area contributed by atoms with E-state index in [1.165, 1.54) is 12.8 Å². The maximum atomic E-state index is 9.25. The molecule has 2 heteroatoms. The van der Waals surface area contributed by atoms with Crippen molar-refractivity contribution in [1.82, 2.24) is 0 Å². The summed E-state index contributed by atoms with van der Waals surface area (Å²) >= 11 is 3.78. The minimum absolute atomic E-state index is 0.295. The fourth-order valence-electron chi connectivity index (χ4n) is 5.13. The second-order valence-corrected chi connectivity index (χ2v) is 6.82. The van der Waals surface area contributed by atoms with Crippen molar-refractivity contribution in [3.05, 3.63) is 12.2 Å². The molecular formula is C13H14BrN. The standard InChI is InChI=1S/C13H14BrN/c14-13-9-4-8(10(13)5-15)11-6-1-2-7(3-6)12(9)11/h1-2,6-13H,3-4H2. The van der Waals surface area contributed by atoms with Crippen molar-refractivity contribution in [1.29, 1.82) is 5.26 Å². The molecule has 4 aliphatic carbocycles. The Balaban J connectivity index is 1.77. The lowest BCUT2D eigenvalue weighted by Gasteiger charge is -2.37. The molecule has 0 aromatic heterocycles. The Bertz CT molecular complexity index is 382. The number of rotatable bonds is 0. The lowest BCUT2D eigenvalue weighted by Crippen LogP contribution is -2.36. The van der Waals surface area contributed by atoms with Gasteiger partial charge >= 0.3 is 0 Å². The van der Waals surface area contributed by atoms with Crippen LogP contribution in [-0.4, -0.2) is 4.83 Å². The van der Waals surface area contributed by atoms with Crippen LogP contribution in [0, 0.1) is 52.8 Å². The molecule has 1 nitrogen and oxygen atoms in total. The van der Waals surface area contributed by atoms with Gasteiger partial charge in [0.2, 0.25) is 0 Å². The summed E-state index contributed by atoms with van der Waals surface area (Å²) < 4.78 is 0. The topological polar surface area (TPSA) is 23.8 Å². The molecule has 0 aromatic carbocycles. The predicted octanol–water partition coefficient (Wildman–Crippen LogP) is 2.98. The van der Waals surface area contributed by atoms with Gasteiger partial charge in [-0.15, -0.1) is 0 Å². The zero-order valence-electron chi connectivity index (χ0n) is 8.51. The second-order valence-electron chi connectivity index (χ2n) is 5.77. The molecule has 0 aromatic rings. The lowest BCUT2D eigenvalue weighted by atomic mass is 9.70. The highest BCUT2D eigenvalue weighted by Crippen LogP contribution is 2.68. The molecule has 4 bridgehead atoms. The van der Waals surface area contributed by atoms with E-state index in [0.717, 1.165) is 29.6 Å². The van der Waals surface area contributed by atoms with E-state index in [0.29, 0.717) is 16.7 Å². The Labute approximate surface area is 98.7 Å². The Morgan fingerprint density at radius 3 is 2.40 bits per heavy atom. The fraction of sp³-hybridized carbons (Fsp3) is 0.769. The molecule has 3 fully saturated rings. The number of nitrogens with zero attached hydrogens (tertiary/aromatic N) is 1. The fourth-order valence-corrected chi connectivity index (χ4v) is 6.21. The number of allylic oxidation sites excluding steroid dienone is 2. The van der Waals surface area contributed by atoms with E-state index in [4.69, 9.17) is 0 Å². The van der Waals surface area contributed by atoms with Gasteiger partial charge in [0.25, 0.3) is 0 Å². The summed E-state index contributed by atoms with van der Waals surface area (Å²) in [7, 11) is 0. The predicted molar refractivity (Wildman–Crippen MR) is 61.1 cm³/mol. The van der Waals surface area contributed by atoms with E-state index >= 15 is 0 Å². The number of alkyl halides is 1. The molecule has 8 unspecified atom stereocenters. The van der Waals surface area contributed by atoms with E-state index in [1.807, 2.05) is 0 Å². The number of hydrogen-bond donors (Lipinski definition) is 0. The van der Waals surface area contributed by atoms with Crippen LogP contribution in [0.4, 0.5) is 0 Å². The SMILES string of the molecule is N#CC1C(Br)C2CC1C1C3C=CC(C3)C21. The highest BCUT2D eigenvalue weighted by Gasteiger charge is 2.64. The quantitative estimate of drug-likeness (QED) is 0.375. The van der Waals surface area contributed by atoms with Crippen LogP contribution in [0.15, 0.2) is 12.2 Å². The van der Waals surface area contributed by atoms with Gasteiger partial charge in [-0.1, -0.05) is 28.1 Å². The lowest BCUT2D eigenvalue weighted by molar-refractivity contribution is 0.184. The van der Waals surface area contributed by atoms with Crippen LogP contribution in [0.3, 0.4) is 0 Å². The van der Waals surface area contributed by atoms with Gasteiger partial charge in [0.1, 0.15) is 0 Å². The third kappa shape index (κ3) is 0.862. The molecule has 3 saturated carbocycles. The van der Waals surface area contributed by atoms with Gasteiger partial charge < -0.3 is 0 Å². The van der Waals surface area contributed by atoms with Crippen LogP contribution >= 0.6 is 15.9 Å². The zero-order valence-corrected chi connectivity index (χ0v) is 10.1. The number of nitriles is 1. The Morgan fingerprint density at radius 2 is 1.73 bits per heavy atom. The Kier molecular flexibility index (Phi) is 1.58. The summed E-state index contributed by atoms with van der Waals surface area (Å²) in [5.41, 5.74) is 0. The highest BCUT2D eigenvalue weighted by atomic mass is 79.9. The molecule has 4 aliphatic rings. The van der Waals surface area contributed by atoms with Gasteiger partial charge in [-0.25, -0.2) is 0 Å². The van der Waals surface area contributed by atoms with Gasteiger partial charge in [0.15, 0.2) is 0 Å². The number of hydrogen-bond acceptors (Lipinski definition) is 1.